The minimum Gasteiger partial charge on any atom is -0.457 e. The van der Waals surface area contributed by atoms with Gasteiger partial charge in [0.2, 0.25) is 0 Å². The maximum absolute atomic E-state index is 13.6. The van der Waals surface area contributed by atoms with Crippen molar-refractivity contribution in [2.45, 2.75) is 38.1 Å². The number of urea groups is 1. The van der Waals surface area contributed by atoms with E-state index in [0.29, 0.717) is 42.1 Å². The molecule has 0 bridgehead atoms. The summed E-state index contributed by atoms with van der Waals surface area (Å²) in [5, 5.41) is 16.1. The van der Waals surface area contributed by atoms with Gasteiger partial charge in [-0.1, -0.05) is 83.9 Å². The smallest absolute Gasteiger partial charge is 0.361 e. The number of esters is 1. The maximum atomic E-state index is 13.6. The predicted octanol–water partition coefficient (Wildman–Crippen LogP) is 4.41. The molecule has 1 atom stereocenters. The van der Waals surface area contributed by atoms with Gasteiger partial charge in [0.1, 0.15) is 6.61 Å². The Morgan fingerprint density at radius 2 is 1.69 bits per heavy atom. The van der Waals surface area contributed by atoms with Crippen LogP contribution in [0.3, 0.4) is 0 Å². The Labute approximate surface area is 271 Å². The summed E-state index contributed by atoms with van der Waals surface area (Å²) in [5.41, 5.74) is -0.607. The Balaban J connectivity index is 1.34. The van der Waals surface area contributed by atoms with Crippen molar-refractivity contribution in [2.24, 2.45) is 5.92 Å². The molecular formula is C33H34Cl2N4O6. The molecule has 4 amide bonds. The molecular weight excluding hydrogens is 619 g/mol. The van der Waals surface area contributed by atoms with Crippen LogP contribution in [-0.4, -0.2) is 71.1 Å². The second-order valence-corrected chi connectivity index (χ2v) is 12.2. The third kappa shape index (κ3) is 7.76. The maximum Gasteiger partial charge on any atom is 0.361 e. The van der Waals surface area contributed by atoms with Crippen LogP contribution in [0, 0.1) is 5.92 Å². The van der Waals surface area contributed by atoms with E-state index in [2.05, 4.69) is 10.6 Å². The number of hydrogen-bond donors (Lipinski definition) is 3. The number of halogens is 2. The van der Waals surface area contributed by atoms with Gasteiger partial charge in [0.15, 0.2) is 0 Å². The molecule has 2 aliphatic rings. The van der Waals surface area contributed by atoms with E-state index < -0.39 is 30.2 Å². The van der Waals surface area contributed by atoms with Crippen LogP contribution < -0.4 is 10.6 Å². The van der Waals surface area contributed by atoms with E-state index in [-0.39, 0.29) is 34.7 Å². The molecule has 0 aromatic heterocycles. The predicted molar refractivity (Wildman–Crippen MR) is 169 cm³/mol. The van der Waals surface area contributed by atoms with Crippen molar-refractivity contribution in [1.82, 2.24) is 20.4 Å². The van der Waals surface area contributed by atoms with Gasteiger partial charge in [-0.05, 0) is 47.9 Å². The number of ether oxygens (including phenoxy) is 1. The molecule has 236 valence electrons. The summed E-state index contributed by atoms with van der Waals surface area (Å²) in [5.74, 6) is -1.89. The van der Waals surface area contributed by atoms with E-state index in [9.17, 15) is 24.3 Å². The lowest BCUT2D eigenvalue weighted by Gasteiger charge is -2.31. The average molecular weight is 654 g/mol. The number of nitrogens with zero attached hydrogens (tertiary/aromatic N) is 2. The zero-order chi connectivity index (χ0) is 32.1. The van der Waals surface area contributed by atoms with Gasteiger partial charge < -0.3 is 30.3 Å². The number of carbonyl (C=O) groups excluding carboxylic acids is 4. The second kappa shape index (κ2) is 13.9. The number of fused-ring (bicyclic) bond motifs is 1. The molecule has 1 saturated carbocycles. The lowest BCUT2D eigenvalue weighted by atomic mass is 9.95. The Morgan fingerprint density at radius 1 is 1.04 bits per heavy atom. The first kappa shape index (κ1) is 32.3. The van der Waals surface area contributed by atoms with Crippen molar-refractivity contribution < 1.29 is 29.0 Å². The monoisotopic (exact) mass is 652 g/mol. The quantitative estimate of drug-likeness (QED) is 0.208. The fourth-order valence-corrected chi connectivity index (χ4v) is 5.86. The van der Waals surface area contributed by atoms with Gasteiger partial charge in [-0.2, -0.15) is 0 Å². The molecule has 0 saturated heterocycles. The molecule has 1 fully saturated rings. The Hall–Kier alpha value is -4.12. The molecule has 3 aromatic rings. The van der Waals surface area contributed by atoms with E-state index in [1.165, 1.54) is 11.0 Å². The lowest BCUT2D eigenvalue weighted by Crippen LogP contribution is -2.62. The highest BCUT2D eigenvalue weighted by atomic mass is 35.5. The van der Waals surface area contributed by atoms with Crippen LogP contribution in [0.25, 0.3) is 0 Å². The Bertz CT molecular complexity index is 1590. The highest BCUT2D eigenvalue weighted by Gasteiger charge is 2.42. The SMILES string of the molecule is CN(Cc1ccccc1)C(=O)NCC(O)(NC(=O)c1c(Cl)cc2c(c1Cl)CCN(CC1CC1)C2=O)C(=O)OCc1ccccc1. The summed E-state index contributed by atoms with van der Waals surface area (Å²) in [4.78, 5) is 56.1. The second-order valence-electron chi connectivity index (χ2n) is 11.4. The number of aliphatic hydroxyl groups is 1. The van der Waals surface area contributed by atoms with E-state index in [4.69, 9.17) is 27.9 Å². The first-order valence-corrected chi connectivity index (χ1v) is 15.4. The number of benzene rings is 3. The van der Waals surface area contributed by atoms with Gasteiger partial charge in [-0.15, -0.1) is 0 Å². The van der Waals surface area contributed by atoms with Crippen molar-refractivity contribution in [3.63, 3.8) is 0 Å². The highest BCUT2D eigenvalue weighted by Crippen LogP contribution is 2.37. The van der Waals surface area contributed by atoms with Crippen LogP contribution in [0.2, 0.25) is 10.0 Å². The number of carbonyl (C=O) groups is 4. The standard InChI is InChI=1S/C33H34Cl2N4O6/c1-38(17-21-8-4-2-5-9-21)32(43)36-20-33(44,31(42)45-19-23-10-6-3-7-11-23)37-29(40)27-26(34)16-25-24(28(27)35)14-15-39(30(25)41)18-22-12-13-22/h2-11,16,22,44H,12-15,17-20H2,1H3,(H,36,43)(H,37,40). The topological polar surface area (TPSA) is 128 Å². The molecule has 1 heterocycles. The van der Waals surface area contributed by atoms with Crippen LogP contribution >= 0.6 is 23.2 Å². The molecule has 1 aliphatic heterocycles. The van der Waals surface area contributed by atoms with Gasteiger partial charge in [0.25, 0.3) is 17.5 Å². The van der Waals surface area contributed by atoms with Crippen LogP contribution in [0.1, 0.15) is 50.2 Å². The van der Waals surface area contributed by atoms with E-state index in [0.717, 1.165) is 18.4 Å². The molecule has 0 radical (unpaired) electrons. The summed E-state index contributed by atoms with van der Waals surface area (Å²) in [7, 11) is 1.55. The van der Waals surface area contributed by atoms with Crippen LogP contribution in [-0.2, 0) is 29.1 Å². The zero-order valence-corrected chi connectivity index (χ0v) is 26.2. The van der Waals surface area contributed by atoms with E-state index >= 15 is 0 Å². The fourth-order valence-electron chi connectivity index (χ4n) is 5.14. The summed E-state index contributed by atoms with van der Waals surface area (Å²) >= 11 is 13.2. The molecule has 10 nitrogen and oxygen atoms in total. The zero-order valence-electron chi connectivity index (χ0n) is 24.7. The fraction of sp³-hybridized carbons (Fsp3) is 0.333. The molecule has 12 heteroatoms. The molecule has 0 spiro atoms. The average Bonchev–Trinajstić information content (AvgIpc) is 3.85. The highest BCUT2D eigenvalue weighted by molar-refractivity contribution is 6.41. The van der Waals surface area contributed by atoms with Crippen molar-refractivity contribution in [3.8, 4) is 0 Å². The van der Waals surface area contributed by atoms with Gasteiger partial charge in [-0.25, -0.2) is 9.59 Å². The molecule has 1 unspecified atom stereocenters. The molecule has 1 aliphatic carbocycles. The number of nitrogens with one attached hydrogen (secondary N) is 2. The summed E-state index contributed by atoms with van der Waals surface area (Å²) < 4.78 is 5.35. The van der Waals surface area contributed by atoms with Gasteiger partial charge in [-0.3, -0.25) is 9.59 Å². The van der Waals surface area contributed by atoms with Crippen LogP contribution in [0.15, 0.2) is 66.7 Å². The van der Waals surface area contributed by atoms with Gasteiger partial charge in [0, 0.05) is 32.2 Å². The van der Waals surface area contributed by atoms with Crippen molar-refractivity contribution in [2.75, 3.05) is 26.7 Å². The van der Waals surface area contributed by atoms with Crippen molar-refractivity contribution >= 4 is 47.0 Å². The Kier molecular flexibility index (Phi) is 9.96. The van der Waals surface area contributed by atoms with E-state index in [1.807, 2.05) is 30.3 Å². The summed E-state index contributed by atoms with van der Waals surface area (Å²) in [6.45, 7) is 0.453. The first-order chi connectivity index (χ1) is 21.6. The van der Waals surface area contributed by atoms with Gasteiger partial charge in [0.05, 0.1) is 22.2 Å². The largest absolute Gasteiger partial charge is 0.457 e. The van der Waals surface area contributed by atoms with Crippen LogP contribution in [0.4, 0.5) is 4.79 Å². The number of amides is 4. The minimum atomic E-state index is -2.70. The summed E-state index contributed by atoms with van der Waals surface area (Å²) in [6, 6.07) is 18.8. The van der Waals surface area contributed by atoms with E-state index in [1.54, 1.807) is 42.3 Å². The van der Waals surface area contributed by atoms with Crippen LogP contribution in [0.5, 0.6) is 0 Å². The van der Waals surface area contributed by atoms with Gasteiger partial charge >= 0.3 is 12.0 Å². The molecule has 3 N–H and O–H groups in total. The number of rotatable bonds is 11. The normalized spacial score (nSPS) is 15.5. The molecule has 45 heavy (non-hydrogen) atoms. The molecule has 3 aromatic carbocycles. The van der Waals surface area contributed by atoms with Crippen molar-refractivity contribution in [3.05, 3.63) is 105 Å². The van der Waals surface area contributed by atoms with Crippen molar-refractivity contribution in [1.29, 1.82) is 0 Å². The lowest BCUT2D eigenvalue weighted by molar-refractivity contribution is -0.168. The first-order valence-electron chi connectivity index (χ1n) is 14.6. The minimum absolute atomic E-state index is 0.0407. The summed E-state index contributed by atoms with van der Waals surface area (Å²) in [6.07, 6.45) is 2.60. The third-order valence-corrected chi connectivity index (χ3v) is 8.56. The third-order valence-electron chi connectivity index (χ3n) is 7.85. The molecule has 5 rings (SSSR count). The number of hydrogen-bond acceptors (Lipinski definition) is 6. The Morgan fingerprint density at radius 3 is 2.33 bits per heavy atom.